The summed E-state index contributed by atoms with van der Waals surface area (Å²) in [6.45, 7) is 10.9. The van der Waals surface area contributed by atoms with Crippen LogP contribution in [-0.4, -0.2) is 231 Å². The number of nitrogens with one attached hydrogen (secondary N) is 6. The molecule has 2 fully saturated rings. The molecular weight excluding hydrogens is 1750 g/mol. The zero-order valence-corrected chi connectivity index (χ0v) is 75.8. The second-order valence-electron chi connectivity index (χ2n) is 32.3. The van der Waals surface area contributed by atoms with Crippen LogP contribution in [0.15, 0.2) is 215 Å². The molecule has 3 aliphatic heterocycles. The maximum Gasteiger partial charge on any atom is 0.280 e. The third kappa shape index (κ3) is 24.1. The molecule has 7 aromatic carbocycles. The Balaban J connectivity index is 0.000000155. The first-order chi connectivity index (χ1) is 66.3. The molecule has 37 heteroatoms. The minimum atomic E-state index is -1.56. The van der Waals surface area contributed by atoms with Gasteiger partial charge in [-0.1, -0.05) is 86.6 Å². The highest BCUT2D eigenvalue weighted by atomic mass is 16.7. The lowest BCUT2D eigenvalue weighted by atomic mass is 9.89. The number of hydrogen-bond donors (Lipinski definition) is 10. The number of nitrogens with zero attached hydrogens (tertiary/aromatic N) is 10. The molecule has 136 heavy (non-hydrogen) atoms. The summed E-state index contributed by atoms with van der Waals surface area (Å²) in [6, 6.07) is 52.6. The van der Waals surface area contributed by atoms with Gasteiger partial charge in [0.15, 0.2) is 28.4 Å². The van der Waals surface area contributed by atoms with Gasteiger partial charge in [-0.15, -0.1) is 0 Å². The van der Waals surface area contributed by atoms with Gasteiger partial charge in [0, 0.05) is 83.9 Å². The molecule has 3 amide bonds. The number of anilines is 6. The molecule has 6 aromatic heterocycles. The number of hydrogen-bond acceptors (Lipinski definition) is 31. The highest BCUT2D eigenvalue weighted by molar-refractivity contribution is 5.98. The Morgan fingerprint density at radius 3 is 1.40 bits per heavy atom. The van der Waals surface area contributed by atoms with Crippen LogP contribution in [0.5, 0.6) is 17.2 Å². The summed E-state index contributed by atoms with van der Waals surface area (Å²) in [7, 11) is 3.91. The van der Waals surface area contributed by atoms with Crippen LogP contribution < -0.4 is 62.9 Å². The van der Waals surface area contributed by atoms with Gasteiger partial charge in [0.2, 0.25) is 40.4 Å². The number of piperidine rings is 1. The van der Waals surface area contributed by atoms with Gasteiger partial charge >= 0.3 is 0 Å². The SMILES string of the molecule is CCc1ccc(-n2cc(C(=O)NOC)c(=O)c3cnc(Nc4ccc(O[C@@H]5O[C@H](CO)[C@@H](O)[C@H](O)[C@@H]5O)cc4)nc32)cc1.CCc1ccc(-n2cc(C(=O)NOC)c(=O)c3cnc(Nc4ccc5c(c4)OCCOCCOCCOCCOCCO5)nc32)cc1.CONC(=O)c1cn(-c2ccc3c(c2)CCC3)c2nc(Nc3cccc(C4CCN(CCc5ccccc5)CC4)c3)ncc2c1=O. The number of carbonyl (C=O) groups is 3. The molecule has 17 rings (SSSR count). The Kier molecular flexibility index (Phi) is 33.3. The number of hydroxylamine groups is 3. The largest absolute Gasteiger partial charge is 0.487 e. The average molecular weight is 1860 g/mol. The van der Waals surface area contributed by atoms with Crippen molar-refractivity contribution in [3.05, 3.63) is 282 Å². The highest BCUT2D eigenvalue weighted by Crippen LogP contribution is 2.36. The van der Waals surface area contributed by atoms with E-state index in [1.807, 2.05) is 67.6 Å². The first-order valence-electron chi connectivity index (χ1n) is 44.9. The molecule has 37 nitrogen and oxygen atoms in total. The molecule has 1 aliphatic carbocycles. The third-order valence-electron chi connectivity index (χ3n) is 23.4. The molecule has 0 bridgehead atoms. The third-order valence-corrected chi connectivity index (χ3v) is 23.4. The quantitative estimate of drug-likeness (QED) is 0.0252. The molecule has 9 heterocycles. The number of ether oxygens (including phenoxy) is 8. The predicted molar refractivity (Wildman–Crippen MR) is 506 cm³/mol. The van der Waals surface area contributed by atoms with Crippen molar-refractivity contribution in [1.82, 2.24) is 64.9 Å². The van der Waals surface area contributed by atoms with Crippen LogP contribution in [-0.2, 0) is 70.3 Å². The van der Waals surface area contributed by atoms with Crippen LogP contribution in [0, 0.1) is 0 Å². The normalized spacial score (nSPS) is 17.3. The van der Waals surface area contributed by atoms with Gasteiger partial charge in [0.1, 0.15) is 60.1 Å². The highest BCUT2D eigenvalue weighted by Gasteiger charge is 2.45. The number of aliphatic hydroxyl groups is 4. The summed E-state index contributed by atoms with van der Waals surface area (Å²) in [6.07, 6.45) is 9.83. The Hall–Kier alpha value is -13.9. The Morgan fingerprint density at radius 2 is 0.912 bits per heavy atom. The van der Waals surface area contributed by atoms with Crippen molar-refractivity contribution in [1.29, 1.82) is 0 Å². The number of rotatable bonds is 24. The monoisotopic (exact) mass is 1860 g/mol. The second-order valence-corrected chi connectivity index (χ2v) is 32.3. The van der Waals surface area contributed by atoms with E-state index < -0.39 is 71.3 Å². The number of aryl methyl sites for hydroxylation is 4. The molecule has 0 unspecified atom stereocenters. The van der Waals surface area contributed by atoms with E-state index in [0.717, 1.165) is 93.5 Å². The molecule has 0 spiro atoms. The first kappa shape index (κ1) is 96.7. The van der Waals surface area contributed by atoms with E-state index in [4.69, 9.17) is 57.4 Å². The molecule has 2 saturated heterocycles. The smallest absolute Gasteiger partial charge is 0.280 e. The number of benzene rings is 7. The lowest BCUT2D eigenvalue weighted by molar-refractivity contribution is -0.277. The molecule has 5 atom stereocenters. The molecule has 10 N–H and O–H groups in total. The van der Waals surface area contributed by atoms with Crippen molar-refractivity contribution in [3.63, 3.8) is 0 Å². The fraction of sp³-hybridized carbons (Fsp3) is 0.333. The fourth-order valence-electron chi connectivity index (χ4n) is 16.1. The predicted octanol–water partition coefficient (Wildman–Crippen LogP) is 9.50. The molecular formula is C99H108N16O21. The van der Waals surface area contributed by atoms with Gasteiger partial charge in [-0.25, -0.2) is 31.4 Å². The van der Waals surface area contributed by atoms with Crippen LogP contribution >= 0.6 is 0 Å². The number of likely N-dealkylation sites (tertiary alicyclic amines) is 1. The number of carbonyl (C=O) groups excluding carboxylic acids is 3. The van der Waals surface area contributed by atoms with Crippen LogP contribution in [0.1, 0.15) is 103 Å². The number of aliphatic hydroxyl groups excluding tert-OH is 4. The maximum atomic E-state index is 13.4. The minimum Gasteiger partial charge on any atom is -0.487 e. The fourth-order valence-corrected chi connectivity index (χ4v) is 16.1. The molecule has 4 aliphatic rings. The van der Waals surface area contributed by atoms with E-state index >= 15 is 0 Å². The Labute approximate surface area is 781 Å². The van der Waals surface area contributed by atoms with Crippen molar-refractivity contribution in [2.45, 2.75) is 102 Å². The van der Waals surface area contributed by atoms with E-state index in [-0.39, 0.29) is 62.7 Å². The standard InChI is InChI=1S/C37H38N6O3.C33H39N5O9.C29H31N5O9/c1-46-41-36(45)33-24-43(31-14-13-26-9-5-10-29(26)22-31)35-32(34(33)44)23-38-37(40-35)39-30-12-6-11-28(21-30)27-16-19-42(20-17-27)18-15-25-7-3-2-4-8-25;1-3-23-4-7-25(8-5-23)38-22-27(32(40)37-41-2)30(39)26-21-34-33(36-31(26)38)35-24-6-9-28-29(20-24)47-19-17-45-15-13-43-11-10-42-12-14-44-16-18-46-28;1-3-15-4-8-17(9-5-15)34-13-20(27(40)33-41-2)22(36)19-12-30-29(32-26(19)34)31-16-6-10-18(11-7-16)42-28-25(39)24(38)23(37)21(14-35)43-28/h2-4,6-8,11-14,21-24,27H,5,9-10,15-20H2,1H3,(H,41,45)(H,38,39,40);4-9,20-22H,3,10-19H2,1-2H3,(H,37,40)(H,34,35,36);4-13,21,23-25,28,35,37-39H,3,14H2,1-2H3,(H,33,40)(H,30,31,32)/t;;21-,23-,24+,25+,28-/m..1/s1. The van der Waals surface area contributed by atoms with E-state index in [9.17, 15) is 49.2 Å². The van der Waals surface area contributed by atoms with E-state index in [1.165, 1.54) is 74.6 Å². The second kappa shape index (κ2) is 46.8. The molecule has 0 radical (unpaired) electrons. The van der Waals surface area contributed by atoms with Crippen molar-refractivity contribution in [2.24, 2.45) is 0 Å². The Morgan fingerprint density at radius 1 is 0.456 bits per heavy atom. The number of fused-ring (bicyclic) bond motifs is 5. The molecule has 13 aromatic rings. The lowest BCUT2D eigenvalue weighted by Gasteiger charge is -2.39. The van der Waals surface area contributed by atoms with Crippen molar-refractivity contribution >= 4 is 85.7 Å². The van der Waals surface area contributed by atoms with Gasteiger partial charge in [-0.05, 0) is 189 Å². The molecule has 710 valence electrons. The summed E-state index contributed by atoms with van der Waals surface area (Å²) in [4.78, 5) is 122. The van der Waals surface area contributed by atoms with Crippen molar-refractivity contribution in [3.8, 4) is 34.3 Å². The minimum absolute atomic E-state index is 0.0435. The summed E-state index contributed by atoms with van der Waals surface area (Å²) >= 11 is 0. The summed E-state index contributed by atoms with van der Waals surface area (Å²) in [5, 5.41) is 49.7. The van der Waals surface area contributed by atoms with Gasteiger partial charge < -0.3 is 92.9 Å². The topological polar surface area (TPSA) is 452 Å². The van der Waals surface area contributed by atoms with Crippen LogP contribution in [0.2, 0.25) is 0 Å². The molecule has 0 saturated carbocycles. The Bertz CT molecular complexity index is 6490. The first-order valence-corrected chi connectivity index (χ1v) is 44.9. The van der Waals surface area contributed by atoms with Gasteiger partial charge in [0.25, 0.3) is 17.7 Å². The van der Waals surface area contributed by atoms with Gasteiger partial charge in [-0.3, -0.25) is 43.3 Å². The zero-order chi connectivity index (χ0) is 95.0. The van der Waals surface area contributed by atoms with E-state index in [0.29, 0.717) is 117 Å². The van der Waals surface area contributed by atoms with Crippen LogP contribution in [0.3, 0.4) is 0 Å². The van der Waals surface area contributed by atoms with Crippen molar-refractivity contribution in [2.75, 3.05) is 130 Å². The van der Waals surface area contributed by atoms with E-state index in [1.54, 1.807) is 62.4 Å². The van der Waals surface area contributed by atoms with Crippen molar-refractivity contribution < 1.29 is 87.2 Å². The van der Waals surface area contributed by atoms with Crippen LogP contribution in [0.4, 0.5) is 34.9 Å². The zero-order valence-electron chi connectivity index (χ0n) is 75.8. The van der Waals surface area contributed by atoms with E-state index in [2.05, 4.69) is 130 Å². The maximum absolute atomic E-state index is 13.4. The number of pyridine rings is 3. The summed E-state index contributed by atoms with van der Waals surface area (Å²) in [5.74, 6) is 0.564. The number of aromatic nitrogens is 9. The van der Waals surface area contributed by atoms with Crippen LogP contribution in [0.25, 0.3) is 50.2 Å². The van der Waals surface area contributed by atoms with Gasteiger partial charge in [-0.2, -0.15) is 15.0 Å². The lowest BCUT2D eigenvalue weighted by Crippen LogP contribution is -2.60. The average Bonchev–Trinajstić information content (AvgIpc) is 0.885. The van der Waals surface area contributed by atoms with Gasteiger partial charge in [0.05, 0.1) is 97.0 Å². The summed E-state index contributed by atoms with van der Waals surface area (Å²) in [5.41, 5.74) is 17.7. The summed E-state index contributed by atoms with van der Waals surface area (Å²) < 4.78 is 50.3. The number of amides is 3.